The lowest BCUT2D eigenvalue weighted by molar-refractivity contribution is 0.0702. The Morgan fingerprint density at radius 3 is 2.57 bits per heavy atom. The second-order valence-electron chi connectivity index (χ2n) is 7.89. The van der Waals surface area contributed by atoms with Gasteiger partial charge in [-0.25, -0.2) is 4.79 Å². The molecule has 1 aliphatic heterocycles. The van der Waals surface area contributed by atoms with Crippen LogP contribution in [0.3, 0.4) is 0 Å². The van der Waals surface area contributed by atoms with Crippen LogP contribution in [0.15, 0.2) is 70.8 Å². The molecule has 7 heteroatoms. The highest BCUT2D eigenvalue weighted by Gasteiger charge is 2.31. The van der Waals surface area contributed by atoms with Gasteiger partial charge in [0.15, 0.2) is 17.1 Å². The van der Waals surface area contributed by atoms with Gasteiger partial charge in [0.2, 0.25) is 11.5 Å². The van der Waals surface area contributed by atoms with Crippen molar-refractivity contribution in [2.24, 2.45) is 0 Å². The average molecular weight is 470 g/mol. The molecule has 35 heavy (non-hydrogen) atoms. The molecule has 2 heterocycles. The Kier molecular flexibility index (Phi) is 5.74. The van der Waals surface area contributed by atoms with E-state index in [1.165, 1.54) is 7.11 Å². The van der Waals surface area contributed by atoms with Crippen LogP contribution in [0.25, 0.3) is 17.0 Å². The number of para-hydroxylation sites is 1. The first kappa shape index (κ1) is 22.3. The monoisotopic (exact) mass is 470 g/mol. The number of carbonyl (C=O) groups excluding carboxylic acids is 2. The Morgan fingerprint density at radius 2 is 1.83 bits per heavy atom. The third-order valence-corrected chi connectivity index (χ3v) is 5.66. The fraction of sp³-hybridized carbons (Fsp3) is 0.143. The minimum absolute atomic E-state index is 0.0393. The minimum atomic E-state index is -0.666. The Hall–Kier alpha value is -4.52. The molecule has 0 fully saturated rings. The van der Waals surface area contributed by atoms with E-state index in [2.05, 4.69) is 0 Å². The van der Waals surface area contributed by atoms with Crippen LogP contribution in [0, 0.1) is 6.92 Å². The third-order valence-electron chi connectivity index (χ3n) is 5.66. The zero-order valence-corrected chi connectivity index (χ0v) is 19.4. The lowest BCUT2D eigenvalue weighted by atomic mass is 10.1. The van der Waals surface area contributed by atoms with E-state index >= 15 is 0 Å². The SMILES string of the molecule is CCOc1ccc(/C=C2\Oc3c(ccc(OC(=O)c4cc5cccc(OC)c5o4)c3C)C2=O)cc1. The second-order valence-corrected chi connectivity index (χ2v) is 7.89. The van der Waals surface area contributed by atoms with Crippen molar-refractivity contribution in [3.8, 4) is 23.0 Å². The summed E-state index contributed by atoms with van der Waals surface area (Å²) in [7, 11) is 1.53. The van der Waals surface area contributed by atoms with Gasteiger partial charge in [0.1, 0.15) is 17.2 Å². The van der Waals surface area contributed by atoms with Gasteiger partial charge in [0.25, 0.3) is 0 Å². The van der Waals surface area contributed by atoms with Gasteiger partial charge in [0.05, 0.1) is 19.3 Å². The fourth-order valence-corrected chi connectivity index (χ4v) is 3.90. The molecule has 0 bridgehead atoms. The smallest absolute Gasteiger partial charge is 0.379 e. The van der Waals surface area contributed by atoms with Crippen molar-refractivity contribution in [2.45, 2.75) is 13.8 Å². The molecule has 0 radical (unpaired) electrons. The Morgan fingerprint density at radius 1 is 1.03 bits per heavy atom. The average Bonchev–Trinajstić information content (AvgIpc) is 3.44. The summed E-state index contributed by atoms with van der Waals surface area (Å²) in [6, 6.07) is 17.5. The van der Waals surface area contributed by atoms with Crippen LogP contribution in [0.5, 0.6) is 23.0 Å². The molecule has 0 aliphatic carbocycles. The number of benzene rings is 3. The molecule has 0 saturated heterocycles. The number of allylic oxidation sites excluding steroid dienone is 1. The van der Waals surface area contributed by atoms with E-state index in [0.29, 0.717) is 34.8 Å². The van der Waals surface area contributed by atoms with Crippen molar-refractivity contribution in [1.82, 2.24) is 0 Å². The minimum Gasteiger partial charge on any atom is -0.494 e. The Bertz CT molecular complexity index is 1480. The maximum absolute atomic E-state index is 12.9. The van der Waals surface area contributed by atoms with E-state index in [1.807, 2.05) is 43.3 Å². The summed E-state index contributed by atoms with van der Waals surface area (Å²) in [6.45, 7) is 4.23. The van der Waals surface area contributed by atoms with E-state index in [-0.39, 0.29) is 23.1 Å². The van der Waals surface area contributed by atoms with Gasteiger partial charge in [-0.15, -0.1) is 0 Å². The maximum Gasteiger partial charge on any atom is 0.379 e. The fourth-order valence-electron chi connectivity index (χ4n) is 3.90. The van der Waals surface area contributed by atoms with E-state index in [0.717, 1.165) is 16.7 Å². The molecular weight excluding hydrogens is 448 g/mol. The van der Waals surface area contributed by atoms with Gasteiger partial charge in [-0.3, -0.25) is 4.79 Å². The van der Waals surface area contributed by atoms with Crippen LogP contribution in [0.4, 0.5) is 0 Å². The maximum atomic E-state index is 12.9. The number of fused-ring (bicyclic) bond motifs is 2. The molecule has 0 saturated carbocycles. The summed E-state index contributed by atoms with van der Waals surface area (Å²) >= 11 is 0. The van der Waals surface area contributed by atoms with Crippen molar-refractivity contribution in [3.63, 3.8) is 0 Å². The van der Waals surface area contributed by atoms with Gasteiger partial charge in [-0.2, -0.15) is 0 Å². The van der Waals surface area contributed by atoms with Crippen molar-refractivity contribution >= 4 is 28.8 Å². The van der Waals surface area contributed by atoms with Crippen molar-refractivity contribution in [1.29, 1.82) is 0 Å². The van der Waals surface area contributed by atoms with E-state index in [4.69, 9.17) is 23.4 Å². The first-order valence-electron chi connectivity index (χ1n) is 11.1. The molecular formula is C28H22O7. The number of hydrogen-bond acceptors (Lipinski definition) is 7. The number of furan rings is 1. The summed E-state index contributed by atoms with van der Waals surface area (Å²) in [6.07, 6.45) is 1.67. The normalized spacial score (nSPS) is 13.6. The van der Waals surface area contributed by atoms with Gasteiger partial charge in [-0.05, 0) is 61.9 Å². The topological polar surface area (TPSA) is 84.2 Å². The number of rotatable bonds is 6. The number of carbonyl (C=O) groups is 2. The number of ether oxygens (including phenoxy) is 4. The molecule has 7 nitrogen and oxygen atoms in total. The molecule has 5 rings (SSSR count). The molecule has 0 unspecified atom stereocenters. The van der Waals surface area contributed by atoms with E-state index in [9.17, 15) is 9.59 Å². The van der Waals surface area contributed by atoms with Crippen LogP contribution in [-0.4, -0.2) is 25.5 Å². The number of Topliss-reactive ketones (excluding diaryl/α,β-unsaturated/α-hetero) is 1. The van der Waals surface area contributed by atoms with Crippen molar-refractivity contribution < 1.29 is 33.0 Å². The molecule has 0 atom stereocenters. The predicted octanol–water partition coefficient (Wildman–Crippen LogP) is 5.98. The summed E-state index contributed by atoms with van der Waals surface area (Å²) in [5.41, 5.74) is 2.21. The largest absolute Gasteiger partial charge is 0.494 e. The summed E-state index contributed by atoms with van der Waals surface area (Å²) < 4.78 is 27.9. The first-order chi connectivity index (χ1) is 17.0. The standard InChI is InChI=1S/C28H22O7/c1-4-32-19-10-8-17(9-11-19)14-23-25(29)20-12-13-21(16(2)26(20)33-23)35-28(30)24-15-18-6-5-7-22(31-3)27(18)34-24/h5-15H,4H2,1-3H3/b23-14-. The van der Waals surface area contributed by atoms with Crippen molar-refractivity contribution in [2.75, 3.05) is 13.7 Å². The molecule has 3 aromatic carbocycles. The molecule has 176 valence electrons. The highest BCUT2D eigenvalue weighted by Crippen LogP contribution is 2.40. The quantitative estimate of drug-likeness (QED) is 0.195. The molecule has 1 aromatic heterocycles. The summed E-state index contributed by atoms with van der Waals surface area (Å²) in [5.74, 6) is 1.24. The number of hydrogen-bond donors (Lipinski definition) is 0. The highest BCUT2D eigenvalue weighted by molar-refractivity contribution is 6.15. The number of methoxy groups -OCH3 is 1. The number of ketones is 1. The molecule has 0 amide bonds. The van der Waals surface area contributed by atoms with E-state index < -0.39 is 5.97 Å². The second kappa shape index (κ2) is 9.02. The highest BCUT2D eigenvalue weighted by atomic mass is 16.6. The Balaban J connectivity index is 1.38. The lowest BCUT2D eigenvalue weighted by Crippen LogP contribution is -2.08. The third kappa shape index (κ3) is 4.12. The number of esters is 1. The first-order valence-corrected chi connectivity index (χ1v) is 11.1. The van der Waals surface area contributed by atoms with Crippen molar-refractivity contribution in [3.05, 3.63) is 88.9 Å². The molecule has 0 N–H and O–H groups in total. The van der Waals surface area contributed by atoms with Crippen LogP contribution < -0.4 is 18.9 Å². The van der Waals surface area contributed by atoms with Gasteiger partial charge in [0, 0.05) is 10.9 Å². The van der Waals surface area contributed by atoms with Crippen LogP contribution in [-0.2, 0) is 0 Å². The van der Waals surface area contributed by atoms with Gasteiger partial charge in [-0.1, -0.05) is 24.3 Å². The van der Waals surface area contributed by atoms with E-state index in [1.54, 1.807) is 37.3 Å². The molecule has 1 aliphatic rings. The van der Waals surface area contributed by atoms with Gasteiger partial charge >= 0.3 is 5.97 Å². The summed E-state index contributed by atoms with van der Waals surface area (Å²) in [5, 5.41) is 0.722. The lowest BCUT2D eigenvalue weighted by Gasteiger charge is -2.09. The zero-order chi connectivity index (χ0) is 24.5. The zero-order valence-electron chi connectivity index (χ0n) is 19.4. The Labute approximate surface area is 201 Å². The van der Waals surface area contributed by atoms with Gasteiger partial charge < -0.3 is 23.4 Å². The van der Waals surface area contributed by atoms with Crippen LogP contribution >= 0.6 is 0 Å². The molecule has 0 spiro atoms. The summed E-state index contributed by atoms with van der Waals surface area (Å²) in [4.78, 5) is 25.7. The van der Waals surface area contributed by atoms with Crippen LogP contribution in [0.1, 0.15) is 39.0 Å². The predicted molar refractivity (Wildman–Crippen MR) is 129 cm³/mol. The van der Waals surface area contributed by atoms with Crippen LogP contribution in [0.2, 0.25) is 0 Å². The molecule has 4 aromatic rings.